The van der Waals surface area contributed by atoms with Gasteiger partial charge < -0.3 is 25.0 Å². The molecule has 3 N–H and O–H groups in total. The molecule has 55 heavy (non-hydrogen) atoms. The summed E-state index contributed by atoms with van der Waals surface area (Å²) in [6.07, 6.45) is 3.50. The number of rotatable bonds is 14. The summed E-state index contributed by atoms with van der Waals surface area (Å²) in [6.45, 7) is 11.1. The average Bonchev–Trinajstić information content (AvgIpc) is 3.64. The second-order valence-corrected chi connectivity index (χ2v) is 21.4. The molecule has 0 aliphatic carbocycles. The predicted octanol–water partition coefficient (Wildman–Crippen LogP) is 7.21. The predicted molar refractivity (Wildman–Crippen MR) is 220 cm³/mol. The van der Waals surface area contributed by atoms with E-state index in [-0.39, 0.29) is 22.1 Å². The van der Waals surface area contributed by atoms with Gasteiger partial charge in [-0.1, -0.05) is 123 Å². The lowest BCUT2D eigenvalue weighted by Crippen LogP contribution is -2.73. The van der Waals surface area contributed by atoms with Gasteiger partial charge in [0.2, 0.25) is 0 Å². The van der Waals surface area contributed by atoms with E-state index in [1.54, 1.807) is 17.5 Å². The van der Waals surface area contributed by atoms with Gasteiger partial charge in [-0.2, -0.15) is 0 Å². The molecular weight excluding hydrogens is 751 g/mol. The monoisotopic (exact) mass is 795 g/mol. The van der Waals surface area contributed by atoms with Crippen molar-refractivity contribution >= 4 is 60.0 Å². The van der Waals surface area contributed by atoms with Gasteiger partial charge in [-0.15, -0.1) is 23.1 Å². The maximum absolute atomic E-state index is 13.8. The van der Waals surface area contributed by atoms with E-state index in [4.69, 9.17) is 14.2 Å². The van der Waals surface area contributed by atoms with Crippen molar-refractivity contribution in [2.45, 2.75) is 56.5 Å². The number of carboxylic acids is 1. The number of oxime groups is 1. The number of fused-ring (bicyclic) bond motifs is 1. The Morgan fingerprint density at radius 2 is 1.55 bits per heavy atom. The molecule has 0 bridgehead atoms. The molecule has 286 valence electrons. The number of nitrogens with zero attached hydrogens (tertiary/aromatic N) is 3. The Labute approximate surface area is 330 Å². The molecule has 2 aliphatic heterocycles. The fourth-order valence-corrected chi connectivity index (χ4v) is 9.27. The molecule has 1 fully saturated rings. The van der Waals surface area contributed by atoms with Crippen molar-refractivity contribution in [3.63, 3.8) is 0 Å². The van der Waals surface area contributed by atoms with Crippen LogP contribution in [0.2, 0.25) is 18.1 Å². The van der Waals surface area contributed by atoms with Gasteiger partial charge in [0.05, 0.1) is 12.6 Å². The molecule has 4 aromatic rings. The zero-order valence-corrected chi connectivity index (χ0v) is 34.2. The van der Waals surface area contributed by atoms with E-state index in [0.717, 1.165) is 16.7 Å². The first-order valence-electron chi connectivity index (χ1n) is 17.8. The fraction of sp³-hybridized carbons (Fsp3) is 0.293. The van der Waals surface area contributed by atoms with Crippen LogP contribution in [0.25, 0.3) is 0 Å². The molecule has 6 rings (SSSR count). The first-order valence-corrected chi connectivity index (χ1v) is 22.6. The highest BCUT2D eigenvalue weighted by molar-refractivity contribution is 8.03. The molecule has 2 amide bonds. The zero-order chi connectivity index (χ0) is 39.4. The van der Waals surface area contributed by atoms with Crippen LogP contribution in [0.4, 0.5) is 5.13 Å². The summed E-state index contributed by atoms with van der Waals surface area (Å²) in [4.78, 5) is 51.4. The third-order valence-electron chi connectivity index (χ3n) is 10.3. The molecular formula is C41H45N5O6S2Si. The number of thiazole rings is 1. The van der Waals surface area contributed by atoms with Crippen LogP contribution in [0.5, 0.6) is 0 Å². The molecule has 2 aliphatic rings. The Morgan fingerprint density at radius 1 is 0.982 bits per heavy atom. The molecule has 11 nitrogen and oxygen atoms in total. The number of nitrogens with one attached hydrogen (secondary N) is 2. The Balaban J connectivity index is 1.22. The SMILES string of the molecule is CON=C(C(=O)N[C@@H]1C(=O)N2C(C(=O)O)=C(C=CCO[Si](C)(C)C(C)(C)C)SC[C@H]12)c1csc(NC(c2ccccc2)(c2ccccc2)c2ccccc2)n1. The second kappa shape index (κ2) is 16.4. The van der Waals surface area contributed by atoms with Crippen LogP contribution in [0.15, 0.2) is 124 Å². The Morgan fingerprint density at radius 3 is 2.05 bits per heavy atom. The zero-order valence-electron chi connectivity index (χ0n) is 31.6. The van der Waals surface area contributed by atoms with Crippen molar-refractivity contribution in [2.75, 3.05) is 24.8 Å². The van der Waals surface area contributed by atoms with Crippen LogP contribution < -0.4 is 10.6 Å². The van der Waals surface area contributed by atoms with E-state index in [9.17, 15) is 19.5 Å². The Bertz CT molecular complexity index is 2020. The van der Waals surface area contributed by atoms with E-state index in [2.05, 4.69) is 86.1 Å². The third-order valence-corrected chi connectivity index (χ3v) is 16.7. The van der Waals surface area contributed by atoms with Crippen molar-refractivity contribution in [1.82, 2.24) is 15.2 Å². The summed E-state index contributed by atoms with van der Waals surface area (Å²) in [7, 11) is -0.665. The highest BCUT2D eigenvalue weighted by atomic mass is 32.2. The number of carboxylic acid groups (broad SMARTS) is 1. The summed E-state index contributed by atoms with van der Waals surface area (Å²) in [5.41, 5.74) is 2.12. The number of benzene rings is 3. The number of hydrogen-bond acceptors (Lipinski definition) is 10. The van der Waals surface area contributed by atoms with Crippen molar-refractivity contribution < 1.29 is 28.8 Å². The molecule has 0 radical (unpaired) electrons. The first-order chi connectivity index (χ1) is 26.3. The number of β-lactam (4-membered cyclic amide) rings is 1. The van der Waals surface area contributed by atoms with E-state index in [1.807, 2.05) is 54.6 Å². The fourth-order valence-electron chi connectivity index (χ4n) is 6.36. The lowest BCUT2D eigenvalue weighted by atomic mass is 9.77. The molecule has 0 spiro atoms. The van der Waals surface area contributed by atoms with Crippen molar-refractivity contribution in [3.8, 4) is 0 Å². The van der Waals surface area contributed by atoms with Gasteiger partial charge in [0.1, 0.15) is 30.1 Å². The minimum Gasteiger partial charge on any atom is -0.477 e. The molecule has 1 aromatic heterocycles. The summed E-state index contributed by atoms with van der Waals surface area (Å²) in [6, 6.07) is 28.7. The van der Waals surface area contributed by atoms with Gasteiger partial charge in [-0.05, 0) is 40.9 Å². The van der Waals surface area contributed by atoms with Gasteiger partial charge in [-0.25, -0.2) is 9.78 Å². The van der Waals surface area contributed by atoms with Crippen molar-refractivity contribution in [1.29, 1.82) is 0 Å². The minimum absolute atomic E-state index is 0.0359. The van der Waals surface area contributed by atoms with Gasteiger partial charge in [0.25, 0.3) is 11.8 Å². The van der Waals surface area contributed by atoms with Crippen LogP contribution in [-0.4, -0.2) is 78.4 Å². The number of thioether (sulfide) groups is 1. The largest absolute Gasteiger partial charge is 0.477 e. The number of allylic oxidation sites excluding steroid dienone is 1. The lowest BCUT2D eigenvalue weighted by molar-refractivity contribution is -0.153. The first kappa shape index (κ1) is 39.7. The molecule has 3 heterocycles. The highest BCUT2D eigenvalue weighted by Gasteiger charge is 2.54. The smallest absolute Gasteiger partial charge is 0.353 e. The average molecular weight is 796 g/mol. The van der Waals surface area contributed by atoms with Crippen LogP contribution >= 0.6 is 23.1 Å². The number of aromatic nitrogens is 1. The molecule has 0 unspecified atom stereocenters. The van der Waals surface area contributed by atoms with Gasteiger partial charge in [0.15, 0.2) is 19.2 Å². The summed E-state index contributed by atoms with van der Waals surface area (Å²) < 4.78 is 6.20. The number of carbonyl (C=O) groups excluding carboxylic acids is 2. The summed E-state index contributed by atoms with van der Waals surface area (Å²) in [5.74, 6) is -2.02. The van der Waals surface area contributed by atoms with Crippen LogP contribution in [0, 0.1) is 0 Å². The normalized spacial score (nSPS) is 17.8. The van der Waals surface area contributed by atoms with Crippen molar-refractivity contribution in [2.24, 2.45) is 5.16 Å². The number of carbonyl (C=O) groups is 3. The van der Waals surface area contributed by atoms with E-state index in [0.29, 0.717) is 22.4 Å². The number of amides is 2. The summed E-state index contributed by atoms with van der Waals surface area (Å²) >= 11 is 2.63. The van der Waals surface area contributed by atoms with E-state index >= 15 is 0 Å². The molecule has 1 saturated heterocycles. The lowest BCUT2D eigenvalue weighted by Gasteiger charge is -2.49. The van der Waals surface area contributed by atoms with E-state index in [1.165, 1.54) is 35.1 Å². The van der Waals surface area contributed by atoms with Gasteiger partial charge >= 0.3 is 5.97 Å². The summed E-state index contributed by atoms with van der Waals surface area (Å²) in [5, 5.41) is 22.9. The Hall–Kier alpha value is -5.02. The maximum atomic E-state index is 13.8. The second-order valence-electron chi connectivity index (χ2n) is 14.7. The third kappa shape index (κ3) is 8.04. The number of aliphatic carboxylic acids is 1. The molecule has 14 heteroatoms. The van der Waals surface area contributed by atoms with Crippen LogP contribution in [0.3, 0.4) is 0 Å². The molecule has 2 atom stereocenters. The van der Waals surface area contributed by atoms with Crippen LogP contribution in [0.1, 0.15) is 43.2 Å². The van der Waals surface area contributed by atoms with E-state index < -0.39 is 43.7 Å². The van der Waals surface area contributed by atoms with Gasteiger partial charge in [-0.3, -0.25) is 14.5 Å². The maximum Gasteiger partial charge on any atom is 0.353 e. The Kier molecular flexibility index (Phi) is 11.8. The molecule has 3 aromatic carbocycles. The number of anilines is 1. The standard InChI is InChI=1S/C41H45N5O6S2Si/c1-40(2,3)55(5,6)52-24-16-23-32-35(38(49)50)46-31(26-53-32)34(37(46)48)43-36(47)33(45-51-4)30-25-54-39(42-30)44-41(27-17-10-7-11-18-27,28-19-12-8-13-20-28)29-21-14-9-15-22-29/h7-23,25,31,34H,24,26H2,1-6H3,(H,42,44)(H,43,47)(H,49,50)/t31-,34+/m1/s1. The minimum atomic E-state index is -1.99. The molecule has 0 saturated carbocycles. The van der Waals surface area contributed by atoms with Crippen LogP contribution in [-0.2, 0) is 29.2 Å². The number of hydrogen-bond donors (Lipinski definition) is 3. The quantitative estimate of drug-likeness (QED) is 0.0397. The highest BCUT2D eigenvalue weighted by Crippen LogP contribution is 2.42. The van der Waals surface area contributed by atoms with Gasteiger partial charge in [0, 0.05) is 16.0 Å². The van der Waals surface area contributed by atoms with Crippen molar-refractivity contribution in [3.05, 3.63) is 142 Å². The topological polar surface area (TPSA) is 142 Å².